The number of carbonyl (C=O) groups excluding carboxylic acids is 1. The van der Waals surface area contributed by atoms with E-state index in [1.165, 1.54) is 17.3 Å². The van der Waals surface area contributed by atoms with Gasteiger partial charge in [0.2, 0.25) is 5.91 Å². The molecule has 0 bridgehead atoms. The van der Waals surface area contributed by atoms with Crippen molar-refractivity contribution in [3.8, 4) is 5.75 Å². The van der Waals surface area contributed by atoms with Gasteiger partial charge in [-0.15, -0.1) is 5.10 Å². The minimum Gasteiger partial charge on any atom is -0.497 e. The number of thioether (sulfide) groups is 1. The summed E-state index contributed by atoms with van der Waals surface area (Å²) in [6.07, 6.45) is 0.678. The summed E-state index contributed by atoms with van der Waals surface area (Å²) in [5.41, 5.74) is 4.09. The van der Waals surface area contributed by atoms with Crippen LogP contribution in [0.25, 0.3) is 0 Å². The summed E-state index contributed by atoms with van der Waals surface area (Å²) in [7, 11) is 1.63. The van der Waals surface area contributed by atoms with Gasteiger partial charge in [-0.2, -0.15) is 5.10 Å². The van der Waals surface area contributed by atoms with Crippen molar-refractivity contribution in [3.63, 3.8) is 0 Å². The lowest BCUT2D eigenvalue weighted by atomic mass is 10.1. The molecule has 1 aliphatic heterocycles. The second kappa shape index (κ2) is 8.19. The van der Waals surface area contributed by atoms with Gasteiger partial charge in [-0.05, 0) is 55.7 Å². The molecule has 1 amide bonds. The Morgan fingerprint density at radius 3 is 2.50 bits per heavy atom. The molecule has 1 fully saturated rings. The summed E-state index contributed by atoms with van der Waals surface area (Å²) < 4.78 is 5.15. The van der Waals surface area contributed by atoms with Crippen LogP contribution in [0.4, 0.5) is 0 Å². The second-order valence-electron chi connectivity index (χ2n) is 6.10. The summed E-state index contributed by atoms with van der Waals surface area (Å²) >= 11 is 1.42. The Morgan fingerprint density at radius 1 is 1.15 bits per heavy atom. The summed E-state index contributed by atoms with van der Waals surface area (Å²) in [6.45, 7) is 3.94. The molecule has 0 aromatic heterocycles. The van der Waals surface area contributed by atoms with Crippen LogP contribution in [-0.4, -0.2) is 29.1 Å². The van der Waals surface area contributed by atoms with Crippen molar-refractivity contribution in [1.29, 1.82) is 0 Å². The zero-order chi connectivity index (χ0) is 18.5. The standard InChI is InChI=1S/C20H21N3O2S/c1-13-4-6-15(7-5-13)12-18-19(24)21-20(26-18)23-22-14(2)16-8-10-17(25-3)11-9-16/h4-11,18H,12H2,1-3H3,(H,21,23,24)/t18-/m0/s1. The van der Waals surface area contributed by atoms with Gasteiger partial charge in [0.1, 0.15) is 5.75 Å². The molecular weight excluding hydrogens is 346 g/mol. The fourth-order valence-corrected chi connectivity index (χ4v) is 3.49. The predicted molar refractivity (Wildman–Crippen MR) is 107 cm³/mol. The van der Waals surface area contributed by atoms with Gasteiger partial charge in [0.25, 0.3) is 0 Å². The van der Waals surface area contributed by atoms with Crippen molar-refractivity contribution < 1.29 is 9.53 Å². The van der Waals surface area contributed by atoms with Gasteiger partial charge in [0.05, 0.1) is 18.1 Å². The van der Waals surface area contributed by atoms with Crippen LogP contribution in [-0.2, 0) is 11.2 Å². The molecule has 0 spiro atoms. The van der Waals surface area contributed by atoms with Gasteiger partial charge in [-0.25, -0.2) is 0 Å². The van der Waals surface area contributed by atoms with Crippen molar-refractivity contribution in [2.45, 2.75) is 25.5 Å². The van der Waals surface area contributed by atoms with Gasteiger partial charge in [0.15, 0.2) is 5.17 Å². The van der Waals surface area contributed by atoms with E-state index in [4.69, 9.17) is 4.74 Å². The number of rotatable bonds is 5. The van der Waals surface area contributed by atoms with E-state index in [1.54, 1.807) is 7.11 Å². The first kappa shape index (κ1) is 18.2. The van der Waals surface area contributed by atoms with E-state index in [2.05, 4.69) is 46.7 Å². The molecule has 134 valence electrons. The van der Waals surface area contributed by atoms with Gasteiger partial charge in [-0.1, -0.05) is 41.6 Å². The highest BCUT2D eigenvalue weighted by Gasteiger charge is 2.30. The summed E-state index contributed by atoms with van der Waals surface area (Å²) in [4.78, 5) is 12.2. The number of carbonyl (C=O) groups is 1. The fraction of sp³-hybridized carbons (Fsp3) is 0.250. The Morgan fingerprint density at radius 2 is 1.85 bits per heavy atom. The third-order valence-corrected chi connectivity index (χ3v) is 5.19. The Labute approximate surface area is 157 Å². The zero-order valence-corrected chi connectivity index (χ0v) is 15.8. The molecule has 1 N–H and O–H groups in total. The molecule has 1 heterocycles. The third kappa shape index (κ3) is 4.52. The van der Waals surface area contributed by atoms with Crippen LogP contribution in [0.3, 0.4) is 0 Å². The Hall–Kier alpha value is -2.60. The number of benzene rings is 2. The lowest BCUT2D eigenvalue weighted by Gasteiger charge is -2.05. The van der Waals surface area contributed by atoms with Crippen molar-refractivity contribution in [2.75, 3.05) is 7.11 Å². The quantitative estimate of drug-likeness (QED) is 0.649. The molecule has 1 aliphatic rings. The van der Waals surface area contributed by atoms with E-state index >= 15 is 0 Å². The smallest absolute Gasteiger partial charge is 0.239 e. The molecule has 0 aliphatic carbocycles. The maximum atomic E-state index is 12.2. The molecule has 1 atom stereocenters. The minimum atomic E-state index is -0.173. The maximum absolute atomic E-state index is 12.2. The van der Waals surface area contributed by atoms with E-state index in [0.717, 1.165) is 22.6 Å². The van der Waals surface area contributed by atoms with Crippen molar-refractivity contribution in [2.24, 2.45) is 10.2 Å². The highest BCUT2D eigenvalue weighted by Crippen LogP contribution is 2.23. The average molecular weight is 367 g/mol. The largest absolute Gasteiger partial charge is 0.497 e. The van der Waals surface area contributed by atoms with Crippen LogP contribution in [0.15, 0.2) is 58.7 Å². The van der Waals surface area contributed by atoms with Crippen LogP contribution in [0.5, 0.6) is 5.75 Å². The molecule has 26 heavy (non-hydrogen) atoms. The average Bonchev–Trinajstić information content (AvgIpc) is 3.01. The van der Waals surface area contributed by atoms with E-state index in [1.807, 2.05) is 31.2 Å². The van der Waals surface area contributed by atoms with Crippen LogP contribution in [0.1, 0.15) is 23.6 Å². The topological polar surface area (TPSA) is 63.1 Å². The zero-order valence-electron chi connectivity index (χ0n) is 15.0. The number of amides is 1. The molecule has 2 aromatic rings. The SMILES string of the molecule is COc1ccc(C(C)=N/N=C2\NC(=O)[C@H](Cc3ccc(C)cc3)S2)cc1. The summed E-state index contributed by atoms with van der Waals surface area (Å²) in [5.74, 6) is 0.775. The highest BCUT2D eigenvalue weighted by atomic mass is 32.2. The molecule has 0 unspecified atom stereocenters. The van der Waals surface area contributed by atoms with Crippen LogP contribution in [0, 0.1) is 6.92 Å². The Kier molecular flexibility index (Phi) is 5.73. The lowest BCUT2D eigenvalue weighted by molar-refractivity contribution is -0.118. The Balaban J connectivity index is 1.65. The third-order valence-electron chi connectivity index (χ3n) is 4.12. The van der Waals surface area contributed by atoms with Crippen molar-refractivity contribution in [1.82, 2.24) is 5.32 Å². The molecule has 1 saturated heterocycles. The normalized spacial score (nSPS) is 18.9. The number of aryl methyl sites for hydroxylation is 1. The van der Waals surface area contributed by atoms with E-state index in [9.17, 15) is 4.79 Å². The van der Waals surface area contributed by atoms with Gasteiger partial charge < -0.3 is 10.1 Å². The van der Waals surface area contributed by atoms with E-state index in [-0.39, 0.29) is 11.2 Å². The summed E-state index contributed by atoms with van der Waals surface area (Å²) in [6, 6.07) is 15.9. The highest BCUT2D eigenvalue weighted by molar-refractivity contribution is 8.15. The first-order valence-corrected chi connectivity index (χ1v) is 9.23. The summed E-state index contributed by atoms with van der Waals surface area (Å²) in [5, 5.41) is 11.6. The first-order valence-electron chi connectivity index (χ1n) is 8.35. The second-order valence-corrected chi connectivity index (χ2v) is 7.30. The minimum absolute atomic E-state index is 0.0216. The van der Waals surface area contributed by atoms with Crippen LogP contribution in [0.2, 0.25) is 0 Å². The molecule has 6 heteroatoms. The van der Waals surface area contributed by atoms with Crippen molar-refractivity contribution >= 4 is 28.5 Å². The predicted octanol–water partition coefficient (Wildman–Crippen LogP) is 3.56. The molecule has 2 aromatic carbocycles. The van der Waals surface area contributed by atoms with Gasteiger partial charge in [0, 0.05) is 0 Å². The molecule has 0 saturated carbocycles. The molecular formula is C20H21N3O2S. The van der Waals surface area contributed by atoms with Gasteiger partial charge in [-0.3, -0.25) is 4.79 Å². The first-order chi connectivity index (χ1) is 12.5. The number of methoxy groups -OCH3 is 1. The molecule has 5 nitrogen and oxygen atoms in total. The van der Waals surface area contributed by atoms with Crippen LogP contribution < -0.4 is 10.1 Å². The van der Waals surface area contributed by atoms with Gasteiger partial charge >= 0.3 is 0 Å². The monoisotopic (exact) mass is 367 g/mol. The van der Waals surface area contributed by atoms with Crippen LogP contribution >= 0.6 is 11.8 Å². The molecule has 3 rings (SSSR count). The maximum Gasteiger partial charge on any atom is 0.239 e. The van der Waals surface area contributed by atoms with E-state index in [0.29, 0.717) is 11.6 Å². The fourth-order valence-electron chi connectivity index (χ4n) is 2.54. The van der Waals surface area contributed by atoms with Crippen molar-refractivity contribution in [3.05, 3.63) is 65.2 Å². The number of hydrogen-bond donors (Lipinski definition) is 1. The number of hydrogen-bond acceptors (Lipinski definition) is 5. The van der Waals surface area contributed by atoms with E-state index < -0.39 is 0 Å². The lowest BCUT2D eigenvalue weighted by Crippen LogP contribution is -2.25. The number of amidine groups is 1. The Bertz CT molecular complexity index is 842. The number of nitrogens with zero attached hydrogens (tertiary/aromatic N) is 2. The molecule has 0 radical (unpaired) electrons. The number of ether oxygens (including phenoxy) is 1. The number of nitrogens with one attached hydrogen (secondary N) is 1.